The van der Waals surface area contributed by atoms with Crippen LogP contribution in [-0.4, -0.2) is 63.3 Å². The number of benzene rings is 1. The molecule has 1 aliphatic heterocycles. The average molecular weight is 307 g/mol. The van der Waals surface area contributed by atoms with Crippen molar-refractivity contribution in [3.8, 4) is 11.5 Å². The lowest BCUT2D eigenvalue weighted by molar-refractivity contribution is 0.0520. The van der Waals surface area contributed by atoms with Crippen molar-refractivity contribution in [1.82, 2.24) is 9.80 Å². The number of hydrogen-bond acceptors (Lipinski definition) is 5. The second-order valence-corrected chi connectivity index (χ2v) is 5.93. The van der Waals surface area contributed by atoms with E-state index in [2.05, 4.69) is 35.9 Å². The van der Waals surface area contributed by atoms with Crippen LogP contribution >= 0.6 is 0 Å². The van der Waals surface area contributed by atoms with Gasteiger partial charge in [0.05, 0.1) is 14.2 Å². The molecule has 1 aliphatic rings. The first-order valence-corrected chi connectivity index (χ1v) is 8.00. The Morgan fingerprint density at radius 1 is 1.23 bits per heavy atom. The number of ether oxygens (including phenoxy) is 2. The topological polar surface area (TPSA) is 51.0 Å². The quantitative estimate of drug-likeness (QED) is 0.867. The Morgan fingerprint density at radius 3 is 2.55 bits per heavy atom. The second-order valence-electron chi connectivity index (χ2n) is 5.93. The zero-order chi connectivity index (χ0) is 16.1. The monoisotopic (exact) mass is 307 g/mol. The van der Waals surface area contributed by atoms with Crippen LogP contribution in [-0.2, 0) is 0 Å². The molecule has 0 bridgehead atoms. The highest BCUT2D eigenvalue weighted by Crippen LogP contribution is 2.33. The lowest BCUT2D eigenvalue weighted by Gasteiger charge is -2.44. The van der Waals surface area contributed by atoms with Crippen LogP contribution in [0.4, 0.5) is 0 Å². The second kappa shape index (κ2) is 7.81. The molecule has 0 amide bonds. The van der Waals surface area contributed by atoms with Crippen LogP contribution in [0.1, 0.15) is 24.9 Å². The van der Waals surface area contributed by atoms with E-state index in [0.717, 1.165) is 37.6 Å². The van der Waals surface area contributed by atoms with E-state index < -0.39 is 0 Å². The minimum absolute atomic E-state index is 0.221. The van der Waals surface area contributed by atoms with E-state index in [1.54, 1.807) is 14.2 Å². The third kappa shape index (κ3) is 3.54. The Balaban J connectivity index is 2.27. The molecule has 0 aromatic heterocycles. The Morgan fingerprint density at radius 2 is 1.95 bits per heavy atom. The maximum absolute atomic E-state index is 6.12. The highest BCUT2D eigenvalue weighted by Gasteiger charge is 2.30. The molecule has 2 unspecified atom stereocenters. The summed E-state index contributed by atoms with van der Waals surface area (Å²) in [5, 5.41) is 0. The van der Waals surface area contributed by atoms with E-state index in [0.29, 0.717) is 12.6 Å². The summed E-state index contributed by atoms with van der Waals surface area (Å²) in [6.07, 6.45) is 1.13. The van der Waals surface area contributed by atoms with Gasteiger partial charge in [0.25, 0.3) is 0 Å². The number of hydrogen-bond donors (Lipinski definition) is 1. The van der Waals surface area contributed by atoms with Crippen LogP contribution in [0.3, 0.4) is 0 Å². The molecule has 1 aromatic carbocycles. The molecule has 0 radical (unpaired) electrons. The molecule has 2 N–H and O–H groups in total. The van der Waals surface area contributed by atoms with Crippen LogP contribution in [0.5, 0.6) is 11.5 Å². The van der Waals surface area contributed by atoms with Crippen LogP contribution in [0.2, 0.25) is 0 Å². The predicted molar refractivity (Wildman–Crippen MR) is 89.6 cm³/mol. The average Bonchev–Trinajstić information content (AvgIpc) is 2.56. The van der Waals surface area contributed by atoms with Crippen molar-refractivity contribution in [1.29, 1.82) is 0 Å². The number of nitrogens with two attached hydrogens (primary N) is 1. The fourth-order valence-corrected chi connectivity index (χ4v) is 3.32. The van der Waals surface area contributed by atoms with Gasteiger partial charge in [-0.25, -0.2) is 0 Å². The van der Waals surface area contributed by atoms with Gasteiger partial charge in [-0.1, -0.05) is 13.0 Å². The maximum atomic E-state index is 6.12. The molecule has 1 saturated heterocycles. The van der Waals surface area contributed by atoms with Gasteiger partial charge in [-0.2, -0.15) is 0 Å². The van der Waals surface area contributed by atoms with Gasteiger partial charge in [0, 0.05) is 38.3 Å². The molecule has 22 heavy (non-hydrogen) atoms. The van der Waals surface area contributed by atoms with E-state index in [1.807, 2.05) is 6.07 Å². The number of piperazine rings is 1. The first kappa shape index (κ1) is 17.1. The molecular weight excluding hydrogens is 278 g/mol. The van der Waals surface area contributed by atoms with E-state index in [-0.39, 0.29) is 6.04 Å². The van der Waals surface area contributed by atoms with Crippen LogP contribution in [0.25, 0.3) is 0 Å². The molecule has 5 heteroatoms. The predicted octanol–water partition coefficient (Wildman–Crippen LogP) is 1.73. The highest BCUT2D eigenvalue weighted by molar-refractivity contribution is 5.44. The summed E-state index contributed by atoms with van der Waals surface area (Å²) >= 11 is 0. The van der Waals surface area contributed by atoms with Gasteiger partial charge < -0.3 is 20.1 Å². The molecule has 1 aromatic rings. The normalized spacial score (nSPS) is 21.6. The molecular formula is C17H29N3O2. The van der Waals surface area contributed by atoms with Gasteiger partial charge in [0.1, 0.15) is 0 Å². The summed E-state index contributed by atoms with van der Waals surface area (Å²) in [6.45, 7) is 6.08. The molecule has 0 saturated carbocycles. The SMILES string of the molecule is CCC1CN(C)CCN1C(CN)c1ccc(OC)c(OC)c1. The van der Waals surface area contributed by atoms with Gasteiger partial charge in [0.2, 0.25) is 0 Å². The fraction of sp³-hybridized carbons (Fsp3) is 0.647. The maximum Gasteiger partial charge on any atom is 0.161 e. The Hall–Kier alpha value is -1.30. The van der Waals surface area contributed by atoms with Crippen LogP contribution < -0.4 is 15.2 Å². The van der Waals surface area contributed by atoms with Crippen molar-refractivity contribution in [2.45, 2.75) is 25.4 Å². The van der Waals surface area contributed by atoms with Crippen molar-refractivity contribution < 1.29 is 9.47 Å². The lowest BCUT2D eigenvalue weighted by Crippen LogP contribution is -2.53. The third-order valence-corrected chi connectivity index (χ3v) is 4.62. The van der Waals surface area contributed by atoms with Gasteiger partial charge in [0.15, 0.2) is 11.5 Å². The minimum Gasteiger partial charge on any atom is -0.493 e. The summed E-state index contributed by atoms with van der Waals surface area (Å²) in [4.78, 5) is 4.94. The Bertz CT molecular complexity index is 481. The summed E-state index contributed by atoms with van der Waals surface area (Å²) in [6, 6.07) is 6.89. The van der Waals surface area contributed by atoms with Crippen molar-refractivity contribution in [2.75, 3.05) is 47.4 Å². The minimum atomic E-state index is 0.221. The van der Waals surface area contributed by atoms with Gasteiger partial charge in [-0.05, 0) is 31.2 Å². The molecule has 2 rings (SSSR count). The Kier molecular flexibility index (Phi) is 6.06. The summed E-state index contributed by atoms with van der Waals surface area (Å²) in [5.41, 5.74) is 7.32. The fourth-order valence-electron chi connectivity index (χ4n) is 3.32. The highest BCUT2D eigenvalue weighted by atomic mass is 16.5. The summed E-state index contributed by atoms with van der Waals surface area (Å²) in [7, 11) is 5.52. The van der Waals surface area contributed by atoms with E-state index in [1.165, 1.54) is 5.56 Å². The van der Waals surface area contributed by atoms with Crippen LogP contribution in [0, 0.1) is 0 Å². The molecule has 1 fully saturated rings. The lowest BCUT2D eigenvalue weighted by atomic mass is 9.99. The number of methoxy groups -OCH3 is 2. The van der Waals surface area contributed by atoms with Crippen molar-refractivity contribution in [2.24, 2.45) is 5.73 Å². The van der Waals surface area contributed by atoms with E-state index in [4.69, 9.17) is 15.2 Å². The summed E-state index contributed by atoms with van der Waals surface area (Å²) < 4.78 is 10.8. The number of rotatable bonds is 6. The first-order valence-electron chi connectivity index (χ1n) is 8.00. The number of nitrogens with zero attached hydrogens (tertiary/aromatic N) is 2. The van der Waals surface area contributed by atoms with Crippen molar-refractivity contribution in [3.63, 3.8) is 0 Å². The van der Waals surface area contributed by atoms with Gasteiger partial charge in [-0.15, -0.1) is 0 Å². The molecule has 0 aliphatic carbocycles. The first-order chi connectivity index (χ1) is 10.6. The van der Waals surface area contributed by atoms with Gasteiger partial charge in [-0.3, -0.25) is 4.90 Å². The zero-order valence-corrected chi connectivity index (χ0v) is 14.2. The zero-order valence-electron chi connectivity index (χ0n) is 14.2. The molecule has 0 spiro atoms. The Labute approximate surface area is 134 Å². The number of likely N-dealkylation sites (N-methyl/N-ethyl adjacent to an activating group) is 1. The van der Waals surface area contributed by atoms with Gasteiger partial charge >= 0.3 is 0 Å². The third-order valence-electron chi connectivity index (χ3n) is 4.62. The largest absolute Gasteiger partial charge is 0.493 e. The van der Waals surface area contributed by atoms with E-state index in [9.17, 15) is 0 Å². The smallest absolute Gasteiger partial charge is 0.161 e. The molecule has 2 atom stereocenters. The van der Waals surface area contributed by atoms with E-state index >= 15 is 0 Å². The standard InChI is InChI=1S/C17H29N3O2/c1-5-14-12-19(2)8-9-20(14)15(11-18)13-6-7-16(21-3)17(10-13)22-4/h6-7,10,14-15H,5,8-9,11-12,18H2,1-4H3. The molecule has 5 nitrogen and oxygen atoms in total. The van der Waals surface area contributed by atoms with Crippen molar-refractivity contribution >= 4 is 0 Å². The van der Waals surface area contributed by atoms with Crippen LogP contribution in [0.15, 0.2) is 18.2 Å². The van der Waals surface area contributed by atoms with Crippen molar-refractivity contribution in [3.05, 3.63) is 23.8 Å². The molecule has 1 heterocycles. The molecule has 124 valence electrons. The summed E-state index contributed by atoms with van der Waals surface area (Å²) in [5.74, 6) is 1.52.